The molecule has 1 aromatic heterocycles. The summed E-state index contributed by atoms with van der Waals surface area (Å²) in [6, 6.07) is 41.2. The molecule has 210 valence electrons. The molecule has 45 heavy (non-hydrogen) atoms. The highest BCUT2D eigenvalue weighted by atomic mass is 15.2. The van der Waals surface area contributed by atoms with Crippen LogP contribution in [0.1, 0.15) is 29.2 Å². The van der Waals surface area contributed by atoms with E-state index in [1.54, 1.807) is 0 Å². The third-order valence-corrected chi connectivity index (χ3v) is 9.30. The second-order valence-corrected chi connectivity index (χ2v) is 11.8. The number of aromatic nitrogens is 1. The van der Waals surface area contributed by atoms with Gasteiger partial charge in [-0.3, -0.25) is 0 Å². The molecule has 2 heterocycles. The van der Waals surface area contributed by atoms with Gasteiger partial charge in [-0.1, -0.05) is 60.7 Å². The van der Waals surface area contributed by atoms with E-state index >= 15 is 0 Å². The Kier molecular flexibility index (Phi) is 5.76. The fourth-order valence-electron chi connectivity index (χ4n) is 7.21. The fourth-order valence-corrected chi connectivity index (χ4v) is 7.21. The van der Waals surface area contributed by atoms with Gasteiger partial charge in [-0.25, -0.2) is 0 Å². The molecule has 0 N–H and O–H groups in total. The summed E-state index contributed by atoms with van der Waals surface area (Å²) >= 11 is 0. The highest BCUT2D eigenvalue weighted by molar-refractivity contribution is 6.10. The topological polar surface area (TPSA) is 79.5 Å². The van der Waals surface area contributed by atoms with Gasteiger partial charge in [0.1, 0.15) is 0 Å². The summed E-state index contributed by atoms with van der Waals surface area (Å²) < 4.78 is 2.20. The molecule has 5 aromatic carbocycles. The van der Waals surface area contributed by atoms with E-state index in [0.29, 0.717) is 16.7 Å². The molecule has 6 aromatic rings. The molecule has 2 aliphatic rings. The van der Waals surface area contributed by atoms with Gasteiger partial charge >= 0.3 is 0 Å². The fraction of sp³-hybridized carbons (Fsp3) is 0.0750. The van der Waals surface area contributed by atoms with Crippen molar-refractivity contribution in [3.05, 3.63) is 150 Å². The summed E-state index contributed by atoms with van der Waals surface area (Å²) in [6.45, 7) is 2.29. The van der Waals surface area contributed by atoms with Crippen LogP contribution in [0.25, 0.3) is 38.6 Å². The van der Waals surface area contributed by atoms with Crippen LogP contribution in [0, 0.1) is 34.0 Å². The minimum Gasteiger partial charge on any atom is -0.333 e. The zero-order valence-corrected chi connectivity index (χ0v) is 24.4. The third kappa shape index (κ3) is 3.84. The number of benzene rings is 5. The van der Waals surface area contributed by atoms with Crippen molar-refractivity contribution < 1.29 is 0 Å². The van der Waals surface area contributed by atoms with Crippen LogP contribution < -0.4 is 4.90 Å². The Bertz CT molecular complexity index is 2330. The molecule has 2 unspecified atom stereocenters. The highest BCUT2D eigenvalue weighted by Crippen LogP contribution is 2.52. The largest absolute Gasteiger partial charge is 0.333 e. The molecule has 0 fully saturated rings. The molecular weight excluding hydrogens is 550 g/mol. The second-order valence-electron chi connectivity index (χ2n) is 11.8. The van der Waals surface area contributed by atoms with Crippen LogP contribution in [0.2, 0.25) is 0 Å². The van der Waals surface area contributed by atoms with Crippen LogP contribution in [0.5, 0.6) is 0 Å². The average molecular weight is 576 g/mol. The van der Waals surface area contributed by atoms with Crippen LogP contribution in [0.3, 0.4) is 0 Å². The van der Waals surface area contributed by atoms with Gasteiger partial charge in [0.2, 0.25) is 0 Å². The van der Waals surface area contributed by atoms with Crippen molar-refractivity contribution in [3.63, 3.8) is 0 Å². The Hall–Kier alpha value is -6.35. The Morgan fingerprint density at radius 3 is 2.04 bits per heavy atom. The first-order chi connectivity index (χ1) is 22.0. The molecule has 5 nitrogen and oxygen atoms in total. The number of allylic oxidation sites excluding steroid dienone is 2. The van der Waals surface area contributed by atoms with Crippen LogP contribution in [-0.4, -0.2) is 10.6 Å². The maximum absolute atomic E-state index is 10.1. The number of nitriles is 3. The van der Waals surface area contributed by atoms with Crippen molar-refractivity contribution in [1.82, 2.24) is 4.57 Å². The molecule has 0 bridgehead atoms. The van der Waals surface area contributed by atoms with Gasteiger partial charge in [-0.15, -0.1) is 0 Å². The lowest BCUT2D eigenvalue weighted by Crippen LogP contribution is -2.39. The number of anilines is 2. The van der Waals surface area contributed by atoms with E-state index < -0.39 is 0 Å². The lowest BCUT2D eigenvalue weighted by Gasteiger charge is -2.35. The Balaban J connectivity index is 1.46. The number of fused-ring (bicyclic) bond motifs is 6. The normalized spacial score (nSPS) is 17.9. The molecule has 0 saturated carbocycles. The maximum Gasteiger partial charge on any atom is 0.0998 e. The third-order valence-electron chi connectivity index (χ3n) is 9.30. The predicted molar refractivity (Wildman–Crippen MR) is 178 cm³/mol. The molecule has 0 spiro atoms. The first-order valence-corrected chi connectivity index (χ1v) is 14.8. The molecule has 0 amide bonds. The molecule has 0 saturated heterocycles. The van der Waals surface area contributed by atoms with Crippen LogP contribution in [0.15, 0.2) is 127 Å². The summed E-state index contributed by atoms with van der Waals surface area (Å²) in [5.74, 6) is 0. The quantitative estimate of drug-likeness (QED) is 0.211. The average Bonchev–Trinajstić information content (AvgIpc) is 3.56. The molecule has 1 aliphatic heterocycles. The van der Waals surface area contributed by atoms with E-state index in [1.807, 2.05) is 60.7 Å². The van der Waals surface area contributed by atoms with Gasteiger partial charge in [-0.05, 0) is 90.3 Å². The van der Waals surface area contributed by atoms with Crippen molar-refractivity contribution in [1.29, 1.82) is 15.8 Å². The summed E-state index contributed by atoms with van der Waals surface area (Å²) in [4.78, 5) is 2.41. The Morgan fingerprint density at radius 2 is 1.33 bits per heavy atom. The van der Waals surface area contributed by atoms with E-state index in [9.17, 15) is 15.8 Å². The first-order valence-electron chi connectivity index (χ1n) is 14.8. The second kappa shape index (κ2) is 9.85. The van der Waals surface area contributed by atoms with E-state index in [1.165, 1.54) is 5.56 Å². The molecule has 8 rings (SSSR count). The minimum atomic E-state index is -0.208. The predicted octanol–water partition coefficient (Wildman–Crippen LogP) is 8.97. The van der Waals surface area contributed by atoms with E-state index in [-0.39, 0.29) is 11.5 Å². The van der Waals surface area contributed by atoms with E-state index in [4.69, 9.17) is 0 Å². The number of hydrogen-bond acceptors (Lipinski definition) is 4. The van der Waals surface area contributed by atoms with Gasteiger partial charge in [0.05, 0.1) is 52.0 Å². The monoisotopic (exact) mass is 575 g/mol. The SMILES string of the molecule is CC12C=CC=CC1N(c1cc(-c3ccccc3C#N)cc(-n3c4ccc(C#N)cc4c4cc(C#N)ccc43)c1)c1ccccc12. The summed E-state index contributed by atoms with van der Waals surface area (Å²) in [5, 5.41) is 31.3. The van der Waals surface area contributed by atoms with E-state index in [0.717, 1.165) is 50.0 Å². The van der Waals surface area contributed by atoms with Crippen molar-refractivity contribution in [2.75, 3.05) is 4.90 Å². The first kappa shape index (κ1) is 26.3. The Labute approximate surface area is 261 Å². The van der Waals surface area contributed by atoms with Crippen molar-refractivity contribution in [2.24, 2.45) is 0 Å². The summed E-state index contributed by atoms with van der Waals surface area (Å²) in [5.41, 5.74) is 9.52. The van der Waals surface area contributed by atoms with Gasteiger partial charge in [0, 0.05) is 33.2 Å². The van der Waals surface area contributed by atoms with Crippen molar-refractivity contribution in [2.45, 2.75) is 18.4 Å². The summed E-state index contributed by atoms with van der Waals surface area (Å²) in [6.07, 6.45) is 8.81. The van der Waals surface area contributed by atoms with Gasteiger partial charge < -0.3 is 9.47 Å². The van der Waals surface area contributed by atoms with Crippen LogP contribution in [0.4, 0.5) is 11.4 Å². The van der Waals surface area contributed by atoms with Crippen LogP contribution in [-0.2, 0) is 5.41 Å². The zero-order valence-electron chi connectivity index (χ0n) is 24.4. The number of rotatable bonds is 3. The maximum atomic E-state index is 10.1. The number of nitrogens with zero attached hydrogens (tertiary/aromatic N) is 5. The van der Waals surface area contributed by atoms with Gasteiger partial charge in [-0.2, -0.15) is 15.8 Å². The van der Waals surface area contributed by atoms with Crippen molar-refractivity contribution >= 4 is 33.2 Å². The molecule has 0 radical (unpaired) electrons. The molecule has 1 aliphatic carbocycles. The lowest BCUT2D eigenvalue weighted by atomic mass is 9.76. The Morgan fingerprint density at radius 1 is 0.667 bits per heavy atom. The smallest absolute Gasteiger partial charge is 0.0998 e. The zero-order chi connectivity index (χ0) is 30.7. The highest BCUT2D eigenvalue weighted by Gasteiger charge is 2.46. The van der Waals surface area contributed by atoms with E-state index in [2.05, 4.69) is 101 Å². The van der Waals surface area contributed by atoms with Gasteiger partial charge in [0.15, 0.2) is 0 Å². The number of hydrogen-bond donors (Lipinski definition) is 0. The van der Waals surface area contributed by atoms with Gasteiger partial charge in [0.25, 0.3) is 0 Å². The minimum absolute atomic E-state index is 0.0590. The lowest BCUT2D eigenvalue weighted by molar-refractivity contribution is 0.550. The molecule has 2 atom stereocenters. The number of para-hydroxylation sites is 1. The van der Waals surface area contributed by atoms with Crippen molar-refractivity contribution in [3.8, 4) is 35.0 Å². The van der Waals surface area contributed by atoms with Crippen LogP contribution >= 0.6 is 0 Å². The molecular formula is C40H25N5. The summed E-state index contributed by atoms with van der Waals surface area (Å²) in [7, 11) is 0. The standard InChI is InChI=1S/C40H25N5/c1-40-17-7-6-12-39(40)45(38-11-5-4-10-35(38)40)31-21-29(32-9-3-2-8-28(32)25-43)20-30(22-31)44-36-15-13-26(23-41)18-33(36)34-19-27(24-42)14-16-37(34)44/h2-22,39H,1H3. The molecule has 5 heteroatoms.